The normalized spacial score (nSPS) is 15.0. The number of unbranched alkanes of at least 4 members (excludes halogenated alkanes) is 1. The van der Waals surface area contributed by atoms with Crippen LogP contribution >= 0.6 is 24.0 Å². The van der Waals surface area contributed by atoms with Crippen LogP contribution in [0.4, 0.5) is 0 Å². The molecule has 21 heavy (non-hydrogen) atoms. The summed E-state index contributed by atoms with van der Waals surface area (Å²) >= 11 is 0. The monoisotopic (exact) mass is 403 g/mol. The van der Waals surface area contributed by atoms with E-state index in [1.165, 1.54) is 0 Å². The first-order valence-corrected chi connectivity index (χ1v) is 7.39. The molecule has 0 unspecified atom stereocenters. The van der Waals surface area contributed by atoms with E-state index in [4.69, 9.17) is 0 Å². The van der Waals surface area contributed by atoms with E-state index in [-0.39, 0.29) is 24.0 Å². The van der Waals surface area contributed by atoms with Crippen LogP contribution in [0, 0.1) is 6.92 Å². The minimum Gasteiger partial charge on any atom is -0.356 e. The number of aliphatic imine (C=N–C) groups is 1. The Labute approximate surface area is 144 Å². The number of nitrogens with zero attached hydrogens (tertiary/aromatic N) is 3. The number of rotatable bonds is 6. The van der Waals surface area contributed by atoms with Gasteiger partial charge in [0, 0.05) is 38.6 Å². The van der Waals surface area contributed by atoms with Gasteiger partial charge in [0.25, 0.3) is 0 Å². The van der Waals surface area contributed by atoms with Crippen LogP contribution in [0.3, 0.4) is 0 Å². The third kappa shape index (κ3) is 6.07. The molecule has 1 aliphatic rings. The second kappa shape index (κ2) is 9.81. The number of imidazole rings is 1. The van der Waals surface area contributed by atoms with Gasteiger partial charge < -0.3 is 15.2 Å². The summed E-state index contributed by atoms with van der Waals surface area (Å²) in [5, 5.41) is 6.82. The number of nitrogens with one attached hydrogen (secondary N) is 2. The number of aryl methyl sites for hydroxylation is 2. The van der Waals surface area contributed by atoms with Crippen LogP contribution in [0.5, 0.6) is 0 Å². The molecule has 0 radical (unpaired) electrons. The van der Waals surface area contributed by atoms with E-state index in [1.54, 1.807) is 0 Å². The summed E-state index contributed by atoms with van der Waals surface area (Å²) in [4.78, 5) is 8.49. The smallest absolute Gasteiger partial charge is 0.191 e. The molecule has 0 atom stereocenters. The highest BCUT2D eigenvalue weighted by atomic mass is 127. The molecule has 0 aliphatic heterocycles. The van der Waals surface area contributed by atoms with Gasteiger partial charge in [-0.25, -0.2) is 4.98 Å². The van der Waals surface area contributed by atoms with Gasteiger partial charge in [0.2, 0.25) is 0 Å². The lowest BCUT2D eigenvalue weighted by Crippen LogP contribution is -2.42. The van der Waals surface area contributed by atoms with Gasteiger partial charge in [0.15, 0.2) is 5.96 Å². The van der Waals surface area contributed by atoms with E-state index >= 15 is 0 Å². The molecule has 0 fully saturated rings. The summed E-state index contributed by atoms with van der Waals surface area (Å²) in [6.45, 7) is 4.03. The molecule has 0 saturated carbocycles. The predicted molar refractivity (Wildman–Crippen MR) is 98.3 cm³/mol. The summed E-state index contributed by atoms with van der Waals surface area (Å²) in [7, 11) is 1.83. The Hall–Kier alpha value is -1.05. The second-order valence-corrected chi connectivity index (χ2v) is 5.16. The molecule has 0 aromatic carbocycles. The van der Waals surface area contributed by atoms with Gasteiger partial charge in [0.1, 0.15) is 5.82 Å². The molecule has 1 aliphatic carbocycles. The highest BCUT2D eigenvalue weighted by Crippen LogP contribution is 2.08. The van der Waals surface area contributed by atoms with Gasteiger partial charge in [0.05, 0.1) is 0 Å². The van der Waals surface area contributed by atoms with Crippen molar-refractivity contribution in [3.8, 4) is 0 Å². The maximum atomic E-state index is 4.26. The minimum absolute atomic E-state index is 0. The topological polar surface area (TPSA) is 54.2 Å². The quantitative estimate of drug-likeness (QED) is 0.252. The van der Waals surface area contributed by atoms with Crippen LogP contribution in [0.2, 0.25) is 0 Å². The molecule has 0 bridgehead atoms. The number of aromatic nitrogens is 2. The third-order valence-electron chi connectivity index (χ3n) is 3.61. The van der Waals surface area contributed by atoms with Gasteiger partial charge in [-0.2, -0.15) is 0 Å². The van der Waals surface area contributed by atoms with E-state index in [9.17, 15) is 0 Å². The van der Waals surface area contributed by atoms with Crippen molar-refractivity contribution < 1.29 is 0 Å². The van der Waals surface area contributed by atoms with E-state index in [0.29, 0.717) is 6.04 Å². The fraction of sp³-hybridized carbons (Fsp3) is 0.600. The van der Waals surface area contributed by atoms with Crippen molar-refractivity contribution in [2.45, 2.75) is 45.2 Å². The van der Waals surface area contributed by atoms with Crippen molar-refractivity contribution in [2.75, 3.05) is 13.6 Å². The Morgan fingerprint density at radius 1 is 1.38 bits per heavy atom. The van der Waals surface area contributed by atoms with Gasteiger partial charge in [-0.15, -0.1) is 24.0 Å². The Morgan fingerprint density at radius 2 is 2.14 bits per heavy atom. The van der Waals surface area contributed by atoms with Crippen LogP contribution in [0.25, 0.3) is 0 Å². The summed E-state index contributed by atoms with van der Waals surface area (Å²) < 4.78 is 2.19. The molecule has 2 N–H and O–H groups in total. The average Bonchev–Trinajstić information content (AvgIpc) is 3.09. The lowest BCUT2D eigenvalue weighted by molar-refractivity contribution is 0.581. The lowest BCUT2D eigenvalue weighted by Gasteiger charge is -2.16. The first-order valence-electron chi connectivity index (χ1n) is 7.39. The Bertz CT molecular complexity index is 458. The third-order valence-corrected chi connectivity index (χ3v) is 3.61. The summed E-state index contributed by atoms with van der Waals surface area (Å²) in [6.07, 6.45) is 12.8. The molecule has 1 heterocycles. The standard InChI is InChI=1S/C15H25N5.HI/c1-13-17-10-12-20(13)11-6-5-9-18-15(16-2)19-14-7-3-4-8-14;/h3-4,10,12,14H,5-9,11H2,1-2H3,(H2,16,18,19);1H. The Morgan fingerprint density at radius 3 is 2.76 bits per heavy atom. The molecule has 118 valence electrons. The summed E-state index contributed by atoms with van der Waals surface area (Å²) in [6, 6.07) is 0.509. The Kier molecular flexibility index (Phi) is 8.41. The van der Waals surface area contributed by atoms with Gasteiger partial charge in [-0.3, -0.25) is 4.99 Å². The largest absolute Gasteiger partial charge is 0.356 e. The van der Waals surface area contributed by atoms with Crippen molar-refractivity contribution in [1.82, 2.24) is 20.2 Å². The lowest BCUT2D eigenvalue weighted by atomic mass is 10.2. The van der Waals surface area contributed by atoms with Crippen molar-refractivity contribution in [2.24, 2.45) is 4.99 Å². The van der Waals surface area contributed by atoms with Crippen molar-refractivity contribution in [3.05, 3.63) is 30.4 Å². The zero-order valence-corrected chi connectivity index (χ0v) is 15.2. The van der Waals surface area contributed by atoms with Crippen LogP contribution < -0.4 is 10.6 Å². The first kappa shape index (κ1) is 18.0. The van der Waals surface area contributed by atoms with Crippen LogP contribution in [-0.4, -0.2) is 35.1 Å². The van der Waals surface area contributed by atoms with Gasteiger partial charge >= 0.3 is 0 Å². The van der Waals surface area contributed by atoms with Crippen LogP contribution in [0.1, 0.15) is 31.5 Å². The minimum atomic E-state index is 0. The number of halogens is 1. The van der Waals surface area contributed by atoms with Crippen molar-refractivity contribution >= 4 is 29.9 Å². The highest BCUT2D eigenvalue weighted by molar-refractivity contribution is 14.0. The van der Waals surface area contributed by atoms with Crippen LogP contribution in [0.15, 0.2) is 29.5 Å². The molecule has 0 spiro atoms. The first-order chi connectivity index (χ1) is 9.79. The zero-order chi connectivity index (χ0) is 14.2. The van der Waals surface area contributed by atoms with Crippen LogP contribution in [-0.2, 0) is 6.54 Å². The maximum Gasteiger partial charge on any atom is 0.191 e. The number of guanidine groups is 1. The highest BCUT2D eigenvalue weighted by Gasteiger charge is 2.10. The molecule has 6 heteroatoms. The van der Waals surface area contributed by atoms with E-state index in [2.05, 4.69) is 37.3 Å². The van der Waals surface area contributed by atoms with E-state index in [0.717, 1.165) is 50.6 Å². The summed E-state index contributed by atoms with van der Waals surface area (Å²) in [5.41, 5.74) is 0. The molecular formula is C15H26IN5. The summed E-state index contributed by atoms with van der Waals surface area (Å²) in [5.74, 6) is 2.00. The zero-order valence-electron chi connectivity index (χ0n) is 12.9. The fourth-order valence-corrected chi connectivity index (χ4v) is 2.38. The molecule has 0 amide bonds. The van der Waals surface area contributed by atoms with Gasteiger partial charge in [-0.05, 0) is 32.6 Å². The van der Waals surface area contributed by atoms with E-state index in [1.807, 2.05) is 26.4 Å². The second-order valence-electron chi connectivity index (χ2n) is 5.16. The van der Waals surface area contributed by atoms with Gasteiger partial charge in [-0.1, -0.05) is 12.2 Å². The molecule has 0 saturated heterocycles. The average molecular weight is 403 g/mol. The number of hydrogen-bond donors (Lipinski definition) is 2. The van der Waals surface area contributed by atoms with Crippen molar-refractivity contribution in [1.29, 1.82) is 0 Å². The SMILES string of the molecule is CN=C(NCCCCn1ccnc1C)NC1CC=CC1.I. The fourth-order valence-electron chi connectivity index (χ4n) is 2.38. The van der Waals surface area contributed by atoms with Crippen molar-refractivity contribution in [3.63, 3.8) is 0 Å². The molecule has 2 rings (SSSR count). The maximum absolute atomic E-state index is 4.26. The molecular weight excluding hydrogens is 377 g/mol. The number of hydrogen-bond acceptors (Lipinski definition) is 2. The molecule has 1 aromatic heterocycles. The predicted octanol–water partition coefficient (Wildman–Crippen LogP) is 2.47. The van der Waals surface area contributed by atoms with E-state index < -0.39 is 0 Å². The Balaban J connectivity index is 0.00000220. The molecule has 5 nitrogen and oxygen atoms in total. The molecule has 1 aromatic rings.